The highest BCUT2D eigenvalue weighted by Gasteiger charge is 2.28. The first-order chi connectivity index (χ1) is 33.5. The van der Waals surface area contributed by atoms with Crippen LogP contribution in [0.15, 0.2) is 60.7 Å². The van der Waals surface area contributed by atoms with Crippen LogP contribution in [0.5, 0.6) is 0 Å². The quantitative estimate of drug-likeness (QED) is 0.238. The van der Waals surface area contributed by atoms with Gasteiger partial charge in [0, 0.05) is 105 Å². The summed E-state index contributed by atoms with van der Waals surface area (Å²) < 4.78 is 28.6. The summed E-state index contributed by atoms with van der Waals surface area (Å²) in [5.41, 5.74) is -0.392. The summed E-state index contributed by atoms with van der Waals surface area (Å²) in [6, 6.07) is 18.8. The van der Waals surface area contributed by atoms with E-state index in [1.165, 1.54) is 0 Å². The van der Waals surface area contributed by atoms with Gasteiger partial charge in [0.15, 0.2) is 0 Å². The fourth-order valence-electron chi connectivity index (χ4n) is 7.78. The van der Waals surface area contributed by atoms with E-state index in [4.69, 9.17) is 23.7 Å². The molecule has 3 amide bonds. The molecule has 1 N–H and O–H groups in total. The monoisotopic (exact) mass is 995 g/mol. The zero-order valence-corrected chi connectivity index (χ0v) is 44.0. The molecule has 2 heterocycles. The third kappa shape index (κ3) is 24.6. The van der Waals surface area contributed by atoms with Gasteiger partial charge in [0.25, 0.3) is 0 Å². The minimum atomic E-state index is -0.705. The standard InChI is InChI=1S/C52H82N8O11/c1-50(2,3)69-45(62)37-55-26-24-54(25-27-56(38-46(63)70-51(4,5)6)29-31-57(30-28-55)39-47(64)71-52(7,8)9)36-44(61)58-32-34-59(48(65)67-40-42-16-12-10-13-17-42)22-20-53-21-23-60(35-33-58)49(66)68-41-43-18-14-11-15-19-43/h10-19,53H,20-41H2,1-9H3. The van der Waals surface area contributed by atoms with E-state index in [1.54, 1.807) is 14.7 Å². The van der Waals surface area contributed by atoms with Gasteiger partial charge in [-0.15, -0.1) is 0 Å². The van der Waals surface area contributed by atoms with Gasteiger partial charge in [0.2, 0.25) is 5.91 Å². The number of esters is 3. The molecule has 2 aromatic rings. The predicted octanol–water partition coefficient (Wildman–Crippen LogP) is 3.94. The van der Waals surface area contributed by atoms with Crippen LogP contribution in [0, 0.1) is 0 Å². The van der Waals surface area contributed by atoms with Crippen LogP contribution in [-0.2, 0) is 56.1 Å². The number of carbonyl (C=O) groups is 6. The molecule has 0 aromatic heterocycles. The molecule has 0 unspecified atom stereocenters. The molecule has 396 valence electrons. The first kappa shape index (κ1) is 58.2. The van der Waals surface area contributed by atoms with Crippen LogP contribution >= 0.6 is 0 Å². The lowest BCUT2D eigenvalue weighted by Crippen LogP contribution is -2.52. The van der Waals surface area contributed by atoms with Crippen molar-refractivity contribution in [3.8, 4) is 0 Å². The lowest BCUT2D eigenvalue weighted by atomic mass is 10.2. The first-order valence-corrected chi connectivity index (χ1v) is 24.9. The maximum Gasteiger partial charge on any atom is 0.410 e. The lowest BCUT2D eigenvalue weighted by Gasteiger charge is -2.35. The maximum atomic E-state index is 14.8. The second-order valence-electron chi connectivity index (χ2n) is 21.0. The molecule has 0 bridgehead atoms. The summed E-state index contributed by atoms with van der Waals surface area (Å²) in [5, 5.41) is 3.33. The largest absolute Gasteiger partial charge is 0.459 e. The van der Waals surface area contributed by atoms with E-state index < -0.39 is 40.9 Å². The van der Waals surface area contributed by atoms with Crippen LogP contribution < -0.4 is 5.32 Å². The third-order valence-corrected chi connectivity index (χ3v) is 11.3. The average Bonchev–Trinajstić information content (AvgIpc) is 3.27. The second-order valence-corrected chi connectivity index (χ2v) is 21.0. The first-order valence-electron chi connectivity index (χ1n) is 24.9. The van der Waals surface area contributed by atoms with Gasteiger partial charge in [0.1, 0.15) is 30.0 Å². The van der Waals surface area contributed by atoms with Gasteiger partial charge in [-0.3, -0.25) is 38.8 Å². The molecule has 2 fully saturated rings. The molecule has 19 nitrogen and oxygen atoms in total. The number of carbonyl (C=O) groups excluding carboxylic acids is 6. The van der Waals surface area contributed by atoms with E-state index in [0.29, 0.717) is 78.5 Å². The Bertz CT molecular complexity index is 1860. The summed E-state index contributed by atoms with van der Waals surface area (Å²) in [7, 11) is 0. The van der Waals surface area contributed by atoms with Crippen molar-refractivity contribution < 1.29 is 52.5 Å². The molecule has 2 saturated heterocycles. The van der Waals surface area contributed by atoms with Gasteiger partial charge in [-0.2, -0.15) is 0 Å². The van der Waals surface area contributed by atoms with Gasteiger partial charge in [-0.1, -0.05) is 60.7 Å². The average molecular weight is 995 g/mol. The van der Waals surface area contributed by atoms with Crippen LogP contribution in [0.3, 0.4) is 0 Å². The number of amides is 3. The molecule has 2 aromatic carbocycles. The van der Waals surface area contributed by atoms with Crippen LogP contribution in [0.4, 0.5) is 9.59 Å². The zero-order valence-electron chi connectivity index (χ0n) is 44.0. The summed E-state index contributed by atoms with van der Waals surface area (Å²) in [4.78, 5) is 94.5. The molecule has 0 aliphatic carbocycles. The van der Waals surface area contributed by atoms with E-state index in [9.17, 15) is 28.8 Å². The van der Waals surface area contributed by atoms with Gasteiger partial charge >= 0.3 is 30.1 Å². The van der Waals surface area contributed by atoms with Crippen molar-refractivity contribution in [3.63, 3.8) is 0 Å². The van der Waals surface area contributed by atoms with Crippen LogP contribution in [0.1, 0.15) is 73.4 Å². The molecule has 2 aliphatic rings. The summed E-state index contributed by atoms with van der Waals surface area (Å²) in [5.74, 6) is -1.42. The van der Waals surface area contributed by atoms with E-state index in [-0.39, 0.29) is 77.4 Å². The number of hydrogen-bond donors (Lipinski definition) is 1. The SMILES string of the molecule is CC(C)(C)OC(=O)CN1CCN(CC(=O)OC(C)(C)C)CCN(CC(=O)N2CCN(C(=O)OCc3ccccc3)CCNCCN(C(=O)OCc3ccccc3)CC2)CCN(CC(=O)OC(C)(C)C)CC1. The molecular weight excluding hydrogens is 913 g/mol. The predicted molar refractivity (Wildman–Crippen MR) is 269 cm³/mol. The number of nitrogens with zero attached hydrogens (tertiary/aromatic N) is 7. The van der Waals surface area contributed by atoms with Gasteiger partial charge in [0.05, 0.1) is 26.2 Å². The molecule has 0 radical (unpaired) electrons. The van der Waals surface area contributed by atoms with Crippen LogP contribution in [0.25, 0.3) is 0 Å². The number of rotatable bonds is 12. The van der Waals surface area contributed by atoms with E-state index in [0.717, 1.165) is 11.1 Å². The van der Waals surface area contributed by atoms with Crippen molar-refractivity contribution >= 4 is 36.0 Å². The highest BCUT2D eigenvalue weighted by molar-refractivity contribution is 5.78. The van der Waals surface area contributed by atoms with Crippen molar-refractivity contribution in [1.29, 1.82) is 0 Å². The van der Waals surface area contributed by atoms with Crippen molar-refractivity contribution in [2.75, 3.05) is 131 Å². The Balaban J connectivity index is 1.60. The van der Waals surface area contributed by atoms with E-state index >= 15 is 0 Å². The zero-order chi connectivity index (χ0) is 52.0. The van der Waals surface area contributed by atoms with Crippen molar-refractivity contribution in [3.05, 3.63) is 71.8 Å². The van der Waals surface area contributed by atoms with Gasteiger partial charge in [-0.25, -0.2) is 9.59 Å². The molecule has 19 heteroatoms. The van der Waals surface area contributed by atoms with Crippen molar-refractivity contribution in [2.24, 2.45) is 0 Å². The number of hydrogen-bond acceptors (Lipinski definition) is 16. The molecule has 0 atom stereocenters. The van der Waals surface area contributed by atoms with Crippen molar-refractivity contribution in [2.45, 2.75) is 92.3 Å². The highest BCUT2D eigenvalue weighted by atomic mass is 16.6. The second kappa shape index (κ2) is 28.6. The number of ether oxygens (including phenoxy) is 5. The Kier molecular flexibility index (Phi) is 23.5. The fraction of sp³-hybridized carbons (Fsp3) is 0.654. The Morgan fingerprint density at radius 2 is 0.704 bits per heavy atom. The molecule has 0 spiro atoms. The minimum absolute atomic E-state index is 0.00908. The Hall–Kier alpha value is -5.34. The van der Waals surface area contributed by atoms with Crippen molar-refractivity contribution in [1.82, 2.24) is 39.6 Å². The number of benzene rings is 2. The Labute approximate surface area is 421 Å². The lowest BCUT2D eigenvalue weighted by molar-refractivity contribution is -0.158. The Morgan fingerprint density at radius 3 is 1.01 bits per heavy atom. The summed E-state index contributed by atoms with van der Waals surface area (Å²) in [6.07, 6.45) is -1.01. The molecule has 2 aliphatic heterocycles. The fourth-order valence-corrected chi connectivity index (χ4v) is 7.78. The third-order valence-electron chi connectivity index (χ3n) is 11.3. The number of nitrogens with one attached hydrogen (secondary N) is 1. The van der Waals surface area contributed by atoms with Gasteiger partial charge in [-0.05, 0) is 73.4 Å². The van der Waals surface area contributed by atoms with Gasteiger partial charge < -0.3 is 43.7 Å². The molecule has 4 rings (SSSR count). The maximum absolute atomic E-state index is 14.8. The molecular formula is C52H82N8O11. The van der Waals surface area contributed by atoms with Crippen LogP contribution in [-0.4, -0.2) is 218 Å². The summed E-state index contributed by atoms with van der Waals surface area (Å²) in [6.45, 7) is 21.6. The van der Waals surface area contributed by atoms with E-state index in [1.807, 2.05) is 143 Å². The normalized spacial score (nSPS) is 17.6. The van der Waals surface area contributed by atoms with Crippen LogP contribution in [0.2, 0.25) is 0 Å². The Morgan fingerprint density at radius 1 is 0.408 bits per heavy atom. The summed E-state index contributed by atoms with van der Waals surface area (Å²) >= 11 is 0. The highest BCUT2D eigenvalue weighted by Crippen LogP contribution is 2.13. The molecule has 0 saturated carbocycles. The minimum Gasteiger partial charge on any atom is -0.459 e. The van der Waals surface area contributed by atoms with E-state index in [2.05, 4.69) is 5.32 Å². The molecule has 71 heavy (non-hydrogen) atoms. The smallest absolute Gasteiger partial charge is 0.410 e. The topological polar surface area (TPSA) is 183 Å².